The van der Waals surface area contributed by atoms with Crippen molar-refractivity contribution in [2.24, 2.45) is 0 Å². The third-order valence-corrected chi connectivity index (χ3v) is 1.86. The standard InChI is InChI=1S/C9H8O3.Na/c10-9(11)8-7(12-8)6-4-2-1-3-5-6;/h1-5,7-8H,(H,10,11);. The molecule has 1 aromatic rings. The molecule has 1 fully saturated rings. The number of aliphatic carboxylic acids is 1. The molecular weight excluding hydrogens is 179 g/mol. The van der Waals surface area contributed by atoms with Crippen LogP contribution in [0.1, 0.15) is 11.7 Å². The van der Waals surface area contributed by atoms with Gasteiger partial charge < -0.3 is 9.84 Å². The van der Waals surface area contributed by atoms with Gasteiger partial charge in [0.05, 0.1) is 0 Å². The number of hydrogen-bond donors (Lipinski definition) is 1. The Kier molecular flexibility index (Phi) is 3.50. The number of carbonyl (C=O) groups is 1. The van der Waals surface area contributed by atoms with E-state index in [4.69, 9.17) is 9.84 Å². The van der Waals surface area contributed by atoms with E-state index in [1.54, 1.807) is 0 Å². The van der Waals surface area contributed by atoms with Crippen LogP contribution in [0.3, 0.4) is 0 Å². The third-order valence-electron chi connectivity index (χ3n) is 1.86. The fourth-order valence-electron chi connectivity index (χ4n) is 1.20. The third kappa shape index (κ3) is 2.31. The number of epoxide rings is 1. The first-order chi connectivity index (χ1) is 5.79. The van der Waals surface area contributed by atoms with E-state index in [1.807, 2.05) is 30.3 Å². The first kappa shape index (κ1) is 10.7. The van der Waals surface area contributed by atoms with Gasteiger partial charge >= 0.3 is 5.97 Å². The molecule has 1 aliphatic heterocycles. The molecule has 0 aromatic heterocycles. The molecule has 13 heavy (non-hydrogen) atoms. The first-order valence-electron chi connectivity index (χ1n) is 3.72. The van der Waals surface area contributed by atoms with Crippen molar-refractivity contribution < 1.29 is 14.6 Å². The number of carboxylic acid groups (broad SMARTS) is 1. The van der Waals surface area contributed by atoms with Crippen molar-refractivity contribution in [3.05, 3.63) is 35.9 Å². The minimum absolute atomic E-state index is 0. The molecule has 1 saturated heterocycles. The van der Waals surface area contributed by atoms with Gasteiger partial charge in [-0.3, -0.25) is 0 Å². The Labute approximate surface area is 98.0 Å². The largest absolute Gasteiger partial charge is 0.479 e. The van der Waals surface area contributed by atoms with Crippen molar-refractivity contribution in [3.8, 4) is 0 Å². The Morgan fingerprint density at radius 3 is 2.38 bits per heavy atom. The number of ether oxygens (including phenoxy) is 1. The summed E-state index contributed by atoms with van der Waals surface area (Å²) in [4.78, 5) is 10.4. The van der Waals surface area contributed by atoms with Gasteiger partial charge in [0.25, 0.3) is 0 Å². The molecule has 1 aliphatic rings. The Morgan fingerprint density at radius 1 is 1.31 bits per heavy atom. The van der Waals surface area contributed by atoms with E-state index in [0.29, 0.717) is 0 Å². The van der Waals surface area contributed by atoms with Crippen molar-refractivity contribution >= 4 is 35.5 Å². The van der Waals surface area contributed by atoms with Gasteiger partial charge in [-0.15, -0.1) is 0 Å². The van der Waals surface area contributed by atoms with Crippen LogP contribution >= 0.6 is 0 Å². The SMILES string of the molecule is O=C(O)C1OC1c1ccccc1.[Na]. The van der Waals surface area contributed by atoms with E-state index < -0.39 is 12.1 Å². The van der Waals surface area contributed by atoms with E-state index in [-0.39, 0.29) is 35.7 Å². The van der Waals surface area contributed by atoms with E-state index in [2.05, 4.69) is 0 Å². The summed E-state index contributed by atoms with van der Waals surface area (Å²) in [7, 11) is 0. The van der Waals surface area contributed by atoms with Crippen LogP contribution in [-0.4, -0.2) is 46.7 Å². The molecule has 4 heteroatoms. The molecule has 0 amide bonds. The van der Waals surface area contributed by atoms with Crippen LogP contribution < -0.4 is 0 Å². The summed E-state index contributed by atoms with van der Waals surface area (Å²) in [6.45, 7) is 0. The predicted octanol–water partition coefficient (Wildman–Crippen LogP) is 0.830. The molecule has 2 rings (SSSR count). The quantitative estimate of drug-likeness (QED) is 0.551. The van der Waals surface area contributed by atoms with Gasteiger partial charge in [0.1, 0.15) is 6.10 Å². The van der Waals surface area contributed by atoms with Crippen molar-refractivity contribution in [3.63, 3.8) is 0 Å². The van der Waals surface area contributed by atoms with E-state index in [9.17, 15) is 4.79 Å². The molecule has 0 bridgehead atoms. The molecular formula is C9H8NaO3. The molecule has 1 radical (unpaired) electrons. The summed E-state index contributed by atoms with van der Waals surface area (Å²) in [6, 6.07) is 9.37. The Balaban J connectivity index is 0.000000845. The molecule has 3 nitrogen and oxygen atoms in total. The van der Waals surface area contributed by atoms with Crippen LogP contribution in [0, 0.1) is 0 Å². The maximum absolute atomic E-state index is 10.4. The predicted molar refractivity (Wildman–Crippen MR) is 47.4 cm³/mol. The van der Waals surface area contributed by atoms with Crippen molar-refractivity contribution in [2.45, 2.75) is 12.2 Å². The summed E-state index contributed by atoms with van der Waals surface area (Å²) < 4.78 is 4.96. The van der Waals surface area contributed by atoms with Crippen molar-refractivity contribution in [1.82, 2.24) is 0 Å². The minimum atomic E-state index is -0.885. The van der Waals surface area contributed by atoms with Gasteiger partial charge in [-0.2, -0.15) is 0 Å². The van der Waals surface area contributed by atoms with Crippen LogP contribution in [0.5, 0.6) is 0 Å². The molecule has 2 atom stereocenters. The van der Waals surface area contributed by atoms with Gasteiger partial charge in [-0.1, -0.05) is 30.3 Å². The monoisotopic (exact) mass is 187 g/mol. The van der Waals surface area contributed by atoms with Gasteiger partial charge in [-0.05, 0) is 5.56 Å². The van der Waals surface area contributed by atoms with Crippen LogP contribution in [0.15, 0.2) is 30.3 Å². The average Bonchev–Trinajstić information content (AvgIpc) is 2.84. The minimum Gasteiger partial charge on any atom is -0.479 e. The fourth-order valence-corrected chi connectivity index (χ4v) is 1.20. The number of benzene rings is 1. The first-order valence-corrected chi connectivity index (χ1v) is 3.72. The molecule has 1 heterocycles. The number of hydrogen-bond acceptors (Lipinski definition) is 2. The normalized spacial score (nSPS) is 24.6. The second kappa shape index (κ2) is 4.24. The van der Waals surface area contributed by atoms with Crippen LogP contribution in [0.4, 0.5) is 0 Å². The van der Waals surface area contributed by atoms with Gasteiger partial charge in [0, 0.05) is 29.6 Å². The number of rotatable bonds is 2. The summed E-state index contributed by atoms with van der Waals surface area (Å²) in [5, 5.41) is 8.56. The van der Waals surface area contributed by atoms with Crippen LogP contribution in [-0.2, 0) is 9.53 Å². The Hall–Kier alpha value is -0.350. The summed E-state index contributed by atoms with van der Waals surface area (Å²) >= 11 is 0. The summed E-state index contributed by atoms with van der Waals surface area (Å²) in [5.41, 5.74) is 0.935. The molecule has 63 valence electrons. The van der Waals surface area contributed by atoms with Crippen LogP contribution in [0.25, 0.3) is 0 Å². The zero-order chi connectivity index (χ0) is 8.55. The molecule has 0 spiro atoms. The zero-order valence-corrected chi connectivity index (χ0v) is 9.31. The molecule has 0 saturated carbocycles. The summed E-state index contributed by atoms with van der Waals surface area (Å²) in [5.74, 6) is -0.885. The maximum atomic E-state index is 10.4. The maximum Gasteiger partial charge on any atom is 0.335 e. The van der Waals surface area contributed by atoms with Gasteiger partial charge in [0.2, 0.25) is 0 Å². The van der Waals surface area contributed by atoms with Crippen molar-refractivity contribution in [1.29, 1.82) is 0 Å². The Morgan fingerprint density at radius 2 is 1.92 bits per heavy atom. The van der Waals surface area contributed by atoms with E-state index >= 15 is 0 Å². The zero-order valence-electron chi connectivity index (χ0n) is 7.31. The number of carboxylic acids is 1. The van der Waals surface area contributed by atoms with Crippen molar-refractivity contribution in [2.75, 3.05) is 0 Å². The second-order valence-corrected chi connectivity index (χ2v) is 2.73. The molecule has 1 N–H and O–H groups in total. The smallest absolute Gasteiger partial charge is 0.335 e. The van der Waals surface area contributed by atoms with E-state index in [1.165, 1.54) is 0 Å². The second-order valence-electron chi connectivity index (χ2n) is 2.73. The van der Waals surface area contributed by atoms with Gasteiger partial charge in [-0.25, -0.2) is 4.79 Å². The molecule has 2 unspecified atom stereocenters. The fraction of sp³-hybridized carbons (Fsp3) is 0.222. The molecule has 1 aromatic carbocycles. The Bertz CT molecular complexity index is 299. The average molecular weight is 187 g/mol. The van der Waals surface area contributed by atoms with Crippen LogP contribution in [0.2, 0.25) is 0 Å². The summed E-state index contributed by atoms with van der Waals surface area (Å²) in [6.07, 6.45) is -0.865. The van der Waals surface area contributed by atoms with E-state index in [0.717, 1.165) is 5.56 Å². The molecule has 0 aliphatic carbocycles. The topological polar surface area (TPSA) is 49.8 Å². The van der Waals surface area contributed by atoms with Gasteiger partial charge in [0.15, 0.2) is 6.10 Å².